The zero-order chi connectivity index (χ0) is 19.4. The number of amides is 1. The molecule has 0 unspecified atom stereocenters. The Morgan fingerprint density at radius 3 is 2.70 bits per heavy atom. The number of nitrogens with one attached hydrogen (secondary N) is 1. The highest BCUT2D eigenvalue weighted by Crippen LogP contribution is 2.36. The molecule has 0 bridgehead atoms. The second kappa shape index (κ2) is 8.89. The van der Waals surface area contributed by atoms with Crippen molar-refractivity contribution in [1.29, 1.82) is 5.26 Å². The lowest BCUT2D eigenvalue weighted by Gasteiger charge is -2.08. The van der Waals surface area contributed by atoms with Crippen LogP contribution in [0.1, 0.15) is 67.3 Å². The van der Waals surface area contributed by atoms with Crippen molar-refractivity contribution in [1.82, 2.24) is 14.8 Å². The zero-order valence-corrected chi connectivity index (χ0v) is 17.7. The van der Waals surface area contributed by atoms with Crippen molar-refractivity contribution >= 4 is 34.0 Å². The Hall–Kier alpha value is -1.85. The number of thiophene rings is 1. The predicted molar refractivity (Wildman–Crippen MR) is 109 cm³/mol. The number of fused-ring (bicyclic) bond motifs is 1. The Bertz CT molecular complexity index is 862. The zero-order valence-electron chi connectivity index (χ0n) is 16.0. The van der Waals surface area contributed by atoms with E-state index >= 15 is 0 Å². The fraction of sp³-hybridized carbons (Fsp3) is 0.579. The van der Waals surface area contributed by atoms with E-state index in [1.807, 2.05) is 11.6 Å². The van der Waals surface area contributed by atoms with E-state index in [-0.39, 0.29) is 17.6 Å². The molecule has 0 saturated heterocycles. The van der Waals surface area contributed by atoms with E-state index < -0.39 is 0 Å². The first-order valence-electron chi connectivity index (χ1n) is 9.37. The number of nitriles is 1. The lowest BCUT2D eigenvalue weighted by molar-refractivity contribution is -0.113. The van der Waals surface area contributed by atoms with Crippen LogP contribution < -0.4 is 5.32 Å². The van der Waals surface area contributed by atoms with Crippen LogP contribution in [0, 0.1) is 11.3 Å². The fourth-order valence-electron chi connectivity index (χ4n) is 3.37. The standard InChI is InChI=1S/C19H25N5OS2/c1-12(2)17-22-23-19(24(17)3)26-11-16(25)21-18-14(10-20)13-8-6-4-5-7-9-15(13)27-18/h12H,4-9,11H2,1-3H3,(H,21,25). The van der Waals surface area contributed by atoms with Gasteiger partial charge in [0.05, 0.1) is 11.3 Å². The average Bonchev–Trinajstić information content (AvgIpc) is 3.13. The first-order valence-corrected chi connectivity index (χ1v) is 11.2. The quantitative estimate of drug-likeness (QED) is 0.754. The molecule has 1 N–H and O–H groups in total. The maximum atomic E-state index is 12.5. The van der Waals surface area contributed by atoms with E-state index in [2.05, 4.69) is 35.4 Å². The molecule has 0 aromatic carbocycles. The van der Waals surface area contributed by atoms with Crippen LogP contribution in [0.5, 0.6) is 0 Å². The van der Waals surface area contributed by atoms with Gasteiger partial charge in [0.1, 0.15) is 16.9 Å². The highest BCUT2D eigenvalue weighted by Gasteiger charge is 2.21. The van der Waals surface area contributed by atoms with E-state index in [4.69, 9.17) is 0 Å². The van der Waals surface area contributed by atoms with E-state index in [0.29, 0.717) is 10.6 Å². The maximum Gasteiger partial charge on any atom is 0.235 e. The van der Waals surface area contributed by atoms with Crippen LogP contribution in [-0.4, -0.2) is 26.4 Å². The van der Waals surface area contributed by atoms with Gasteiger partial charge in [-0.05, 0) is 31.2 Å². The third kappa shape index (κ3) is 4.53. The predicted octanol–water partition coefficient (Wildman–Crippen LogP) is 4.26. The maximum absolute atomic E-state index is 12.5. The van der Waals surface area contributed by atoms with Crippen molar-refractivity contribution in [3.63, 3.8) is 0 Å². The van der Waals surface area contributed by atoms with Crippen LogP contribution in [0.4, 0.5) is 5.00 Å². The molecule has 27 heavy (non-hydrogen) atoms. The summed E-state index contributed by atoms with van der Waals surface area (Å²) in [6.07, 6.45) is 6.69. The van der Waals surface area contributed by atoms with E-state index in [1.165, 1.54) is 29.5 Å². The van der Waals surface area contributed by atoms with Crippen LogP contribution in [0.15, 0.2) is 5.16 Å². The number of hydrogen-bond donors (Lipinski definition) is 1. The summed E-state index contributed by atoms with van der Waals surface area (Å²) in [4.78, 5) is 13.7. The third-order valence-corrected chi connectivity index (χ3v) is 6.98. The van der Waals surface area contributed by atoms with Crippen LogP contribution in [0.2, 0.25) is 0 Å². The molecule has 8 heteroatoms. The minimum atomic E-state index is -0.111. The van der Waals surface area contributed by atoms with Gasteiger partial charge in [0.2, 0.25) is 5.91 Å². The van der Waals surface area contributed by atoms with Gasteiger partial charge in [0.15, 0.2) is 5.16 Å². The Morgan fingerprint density at radius 1 is 1.30 bits per heavy atom. The van der Waals surface area contributed by atoms with Gasteiger partial charge in [-0.3, -0.25) is 4.79 Å². The van der Waals surface area contributed by atoms with Crippen LogP contribution in [0.25, 0.3) is 0 Å². The first kappa shape index (κ1) is 19.9. The summed E-state index contributed by atoms with van der Waals surface area (Å²) >= 11 is 2.94. The van der Waals surface area contributed by atoms with Gasteiger partial charge in [0, 0.05) is 17.8 Å². The summed E-state index contributed by atoms with van der Waals surface area (Å²) in [7, 11) is 1.92. The smallest absolute Gasteiger partial charge is 0.235 e. The number of rotatable bonds is 5. The van der Waals surface area contributed by atoms with Crippen molar-refractivity contribution < 1.29 is 4.79 Å². The largest absolute Gasteiger partial charge is 0.316 e. The molecule has 0 aliphatic heterocycles. The number of aromatic nitrogens is 3. The first-order chi connectivity index (χ1) is 13.0. The minimum Gasteiger partial charge on any atom is -0.316 e. The Morgan fingerprint density at radius 2 is 2.04 bits per heavy atom. The van der Waals surface area contributed by atoms with Crippen molar-refractivity contribution in [3.05, 3.63) is 21.8 Å². The normalized spacial score (nSPS) is 14.3. The summed E-state index contributed by atoms with van der Waals surface area (Å²) in [5.74, 6) is 1.33. The summed E-state index contributed by atoms with van der Waals surface area (Å²) in [6, 6.07) is 2.32. The minimum absolute atomic E-state index is 0.111. The lowest BCUT2D eigenvalue weighted by Crippen LogP contribution is -2.14. The highest BCUT2D eigenvalue weighted by atomic mass is 32.2. The van der Waals surface area contributed by atoms with Gasteiger partial charge in [-0.1, -0.05) is 38.5 Å². The summed E-state index contributed by atoms with van der Waals surface area (Å²) in [5.41, 5.74) is 1.82. The van der Waals surface area contributed by atoms with Gasteiger partial charge in [-0.15, -0.1) is 21.5 Å². The number of carbonyl (C=O) groups excluding carboxylic acids is 1. The van der Waals surface area contributed by atoms with Crippen molar-refractivity contribution in [2.45, 2.75) is 63.4 Å². The molecule has 1 aliphatic rings. The highest BCUT2D eigenvalue weighted by molar-refractivity contribution is 7.99. The Kier molecular flexibility index (Phi) is 6.55. The number of aryl methyl sites for hydroxylation is 1. The molecular weight excluding hydrogens is 378 g/mol. The van der Waals surface area contributed by atoms with Gasteiger partial charge in [-0.2, -0.15) is 5.26 Å². The molecule has 1 amide bonds. The van der Waals surface area contributed by atoms with Gasteiger partial charge in [-0.25, -0.2) is 0 Å². The molecule has 2 aromatic heterocycles. The molecule has 0 radical (unpaired) electrons. The number of hydrogen-bond acceptors (Lipinski definition) is 6. The molecule has 0 saturated carbocycles. The van der Waals surface area contributed by atoms with Gasteiger partial charge >= 0.3 is 0 Å². The van der Waals surface area contributed by atoms with E-state index in [0.717, 1.165) is 42.2 Å². The lowest BCUT2D eigenvalue weighted by atomic mass is 9.97. The third-order valence-electron chi connectivity index (χ3n) is 4.75. The number of thioether (sulfide) groups is 1. The van der Waals surface area contributed by atoms with Crippen LogP contribution >= 0.6 is 23.1 Å². The number of nitrogens with zero attached hydrogens (tertiary/aromatic N) is 4. The van der Waals surface area contributed by atoms with E-state index in [1.54, 1.807) is 11.3 Å². The molecule has 2 aromatic rings. The summed E-state index contributed by atoms with van der Waals surface area (Å²) in [5, 5.41) is 22.4. The molecule has 0 fully saturated rings. The monoisotopic (exact) mass is 403 g/mol. The van der Waals surface area contributed by atoms with Gasteiger partial charge in [0.25, 0.3) is 0 Å². The molecule has 3 rings (SSSR count). The van der Waals surface area contributed by atoms with Crippen LogP contribution in [-0.2, 0) is 24.7 Å². The molecule has 0 atom stereocenters. The van der Waals surface area contributed by atoms with Crippen molar-refractivity contribution in [2.24, 2.45) is 7.05 Å². The Labute approximate surface area is 168 Å². The van der Waals surface area contributed by atoms with Crippen LogP contribution in [0.3, 0.4) is 0 Å². The molecule has 144 valence electrons. The number of anilines is 1. The Balaban J connectivity index is 1.67. The SMILES string of the molecule is CC(C)c1nnc(SCC(=O)Nc2sc3c(c2C#N)CCCCCC3)n1C. The molecule has 2 heterocycles. The summed E-state index contributed by atoms with van der Waals surface area (Å²) in [6.45, 7) is 4.13. The fourth-order valence-corrected chi connectivity index (χ4v) is 5.35. The second-order valence-corrected chi connectivity index (χ2v) is 9.17. The topological polar surface area (TPSA) is 83.6 Å². The molecule has 0 spiro atoms. The molecular formula is C19H25N5OS2. The second-order valence-electron chi connectivity index (χ2n) is 7.13. The molecule has 1 aliphatic carbocycles. The average molecular weight is 404 g/mol. The van der Waals surface area contributed by atoms with Crippen molar-refractivity contribution in [2.75, 3.05) is 11.1 Å². The molecule has 6 nitrogen and oxygen atoms in total. The van der Waals surface area contributed by atoms with Gasteiger partial charge < -0.3 is 9.88 Å². The number of carbonyl (C=O) groups is 1. The van der Waals surface area contributed by atoms with Crippen molar-refractivity contribution in [3.8, 4) is 6.07 Å². The van der Waals surface area contributed by atoms with E-state index in [9.17, 15) is 10.1 Å². The summed E-state index contributed by atoms with van der Waals surface area (Å²) < 4.78 is 1.93.